The summed E-state index contributed by atoms with van der Waals surface area (Å²) in [4.78, 5) is 10.5. The Balaban J connectivity index is 2.40. The summed E-state index contributed by atoms with van der Waals surface area (Å²) >= 11 is 0. The van der Waals surface area contributed by atoms with Crippen molar-refractivity contribution in [1.29, 1.82) is 0 Å². The van der Waals surface area contributed by atoms with E-state index in [9.17, 15) is 4.79 Å². The summed E-state index contributed by atoms with van der Waals surface area (Å²) in [5.74, 6) is -0.456. The zero-order chi connectivity index (χ0) is 7.68. The van der Waals surface area contributed by atoms with Gasteiger partial charge in [0.25, 0.3) is 5.91 Å². The first-order valence-corrected chi connectivity index (χ1v) is 2.96. The lowest BCUT2D eigenvalue weighted by Crippen LogP contribution is -1.81. The highest BCUT2D eigenvalue weighted by atomic mass is 16.1. The van der Waals surface area contributed by atoms with Gasteiger partial charge in [0, 0.05) is 6.20 Å². The number of carbonyl (C=O) groups excluding carboxylic acids is 1. The van der Waals surface area contributed by atoms with Crippen molar-refractivity contribution in [1.82, 2.24) is 10.2 Å². The Bertz CT molecular complexity index is 335. The Hall–Kier alpha value is -1.78. The number of rotatable bonds is 1. The molecule has 0 fully saturated rings. The molecule has 0 spiro atoms. The minimum Gasteiger partial charge on any atom is -0.285 e. The molecular weight excluding hydrogens is 144 g/mol. The maximum Gasteiger partial charge on any atom is 0.298 e. The highest BCUT2D eigenvalue weighted by molar-refractivity contribution is 5.93. The molecule has 0 unspecified atom stereocenters. The number of carbonyl (C=O) groups is 1. The van der Waals surface area contributed by atoms with Gasteiger partial charge in [0.2, 0.25) is 0 Å². The number of nitrogens with one attached hydrogen (secondary N) is 1. The van der Waals surface area contributed by atoms with Crippen molar-refractivity contribution in [3.8, 4) is 0 Å². The minimum absolute atomic E-state index is 0.385. The number of hydrogen-bond acceptors (Lipinski definition) is 3. The van der Waals surface area contributed by atoms with Gasteiger partial charge in [-0.05, 0) is 6.07 Å². The molecule has 1 amide bonds. The lowest BCUT2D eigenvalue weighted by atomic mass is 10.3. The molecule has 0 saturated carbocycles. The maximum absolute atomic E-state index is 10.5. The molecule has 1 aromatic heterocycles. The molecule has 1 aromatic rings. The summed E-state index contributed by atoms with van der Waals surface area (Å²) < 4.78 is 0. The van der Waals surface area contributed by atoms with Gasteiger partial charge in [-0.2, -0.15) is 5.10 Å². The predicted octanol–water partition coefficient (Wildman–Crippen LogP) is 0.546. The van der Waals surface area contributed by atoms with Gasteiger partial charge in [-0.25, -0.2) is 0 Å². The Morgan fingerprint density at radius 2 is 2.36 bits per heavy atom. The van der Waals surface area contributed by atoms with E-state index in [2.05, 4.69) is 26.5 Å². The van der Waals surface area contributed by atoms with E-state index in [1.54, 1.807) is 12.3 Å². The van der Waals surface area contributed by atoms with E-state index in [1.807, 2.05) is 0 Å². The van der Waals surface area contributed by atoms with Crippen molar-refractivity contribution in [2.75, 3.05) is 0 Å². The maximum atomic E-state index is 10.5. The number of nitrogens with zero attached hydrogens (tertiary/aromatic N) is 3. The monoisotopic (exact) mass is 147 g/mol. The number of azo groups is 1. The summed E-state index contributed by atoms with van der Waals surface area (Å²) in [5.41, 5.74) is 0.968. The second-order valence-corrected chi connectivity index (χ2v) is 1.94. The molecule has 11 heavy (non-hydrogen) atoms. The molecule has 1 N–H and O–H groups in total. The van der Waals surface area contributed by atoms with Gasteiger partial charge < -0.3 is 0 Å². The van der Waals surface area contributed by atoms with Crippen LogP contribution in [0.5, 0.6) is 0 Å². The lowest BCUT2D eigenvalue weighted by molar-refractivity contribution is -0.114. The normalized spacial score (nSPS) is 15.6. The van der Waals surface area contributed by atoms with Crippen molar-refractivity contribution < 1.29 is 4.79 Å². The van der Waals surface area contributed by atoms with Gasteiger partial charge >= 0.3 is 0 Å². The largest absolute Gasteiger partial charge is 0.298 e. The van der Waals surface area contributed by atoms with Gasteiger partial charge in [-0.15, -0.1) is 10.2 Å². The fourth-order valence-corrected chi connectivity index (χ4v) is 0.754. The van der Waals surface area contributed by atoms with E-state index < -0.39 is 5.91 Å². The molecule has 0 bridgehead atoms. The molecular formula is C6H3N4O. The molecule has 0 atom stereocenters. The van der Waals surface area contributed by atoms with E-state index in [-0.39, 0.29) is 0 Å². The highest BCUT2D eigenvalue weighted by Gasteiger charge is 2.12. The predicted molar refractivity (Wildman–Crippen MR) is 35.1 cm³/mol. The molecule has 0 aromatic carbocycles. The van der Waals surface area contributed by atoms with Crippen molar-refractivity contribution in [3.63, 3.8) is 0 Å². The molecule has 2 rings (SSSR count). The minimum atomic E-state index is -0.456. The molecule has 0 saturated heterocycles. The van der Waals surface area contributed by atoms with Crippen molar-refractivity contribution in [3.05, 3.63) is 24.0 Å². The van der Waals surface area contributed by atoms with Crippen LogP contribution in [0.1, 0.15) is 5.69 Å². The molecule has 1 radical (unpaired) electrons. The quantitative estimate of drug-likeness (QED) is 0.629. The summed E-state index contributed by atoms with van der Waals surface area (Å²) in [6.07, 6.45) is 4.06. The van der Waals surface area contributed by atoms with Crippen molar-refractivity contribution in [2.24, 2.45) is 10.2 Å². The Labute approximate surface area is 61.8 Å². The van der Waals surface area contributed by atoms with E-state index in [0.717, 1.165) is 0 Å². The van der Waals surface area contributed by atoms with Gasteiger partial charge in [0.1, 0.15) is 11.4 Å². The first kappa shape index (κ1) is 5.96. The number of H-pyrrole nitrogens is 1. The third-order valence-corrected chi connectivity index (χ3v) is 1.21. The van der Waals surface area contributed by atoms with Crippen LogP contribution in [-0.4, -0.2) is 16.1 Å². The summed E-state index contributed by atoms with van der Waals surface area (Å²) in [6.45, 7) is 0. The number of hydrogen-bond donors (Lipinski definition) is 1. The number of aromatic amines is 1. The van der Waals surface area contributed by atoms with Crippen LogP contribution in [-0.2, 0) is 4.79 Å². The van der Waals surface area contributed by atoms with Gasteiger partial charge in [0.15, 0.2) is 0 Å². The SMILES string of the molecule is O=C1[C]=C(c2cc[nH]n2)N=N1. The number of aromatic nitrogens is 2. The van der Waals surface area contributed by atoms with Crippen LogP contribution < -0.4 is 0 Å². The van der Waals surface area contributed by atoms with E-state index in [4.69, 9.17) is 0 Å². The average Bonchev–Trinajstić information content (AvgIpc) is 2.55. The zero-order valence-corrected chi connectivity index (χ0v) is 5.40. The molecule has 53 valence electrons. The van der Waals surface area contributed by atoms with E-state index >= 15 is 0 Å². The molecule has 0 aliphatic carbocycles. The second kappa shape index (κ2) is 2.12. The Morgan fingerprint density at radius 3 is 2.91 bits per heavy atom. The molecule has 5 heteroatoms. The van der Waals surface area contributed by atoms with Crippen LogP contribution in [0.4, 0.5) is 0 Å². The molecule has 5 nitrogen and oxygen atoms in total. The zero-order valence-electron chi connectivity index (χ0n) is 5.40. The Morgan fingerprint density at radius 1 is 1.45 bits per heavy atom. The molecule has 1 aliphatic heterocycles. The van der Waals surface area contributed by atoms with Gasteiger partial charge in [-0.1, -0.05) is 0 Å². The lowest BCUT2D eigenvalue weighted by Gasteiger charge is -1.83. The van der Waals surface area contributed by atoms with Crippen LogP contribution >= 0.6 is 0 Å². The second-order valence-electron chi connectivity index (χ2n) is 1.94. The molecule has 1 aliphatic rings. The van der Waals surface area contributed by atoms with Crippen LogP contribution in [0.3, 0.4) is 0 Å². The van der Waals surface area contributed by atoms with Crippen LogP contribution in [0, 0.1) is 6.08 Å². The van der Waals surface area contributed by atoms with Crippen LogP contribution in [0.2, 0.25) is 0 Å². The fraction of sp³-hybridized carbons (Fsp3) is 0. The van der Waals surface area contributed by atoms with Crippen molar-refractivity contribution >= 4 is 11.6 Å². The van der Waals surface area contributed by atoms with Crippen LogP contribution in [0.25, 0.3) is 5.70 Å². The first-order chi connectivity index (χ1) is 5.36. The van der Waals surface area contributed by atoms with Gasteiger partial charge in [-0.3, -0.25) is 9.89 Å². The topological polar surface area (TPSA) is 70.5 Å². The smallest absolute Gasteiger partial charge is 0.285 e. The molecule has 2 heterocycles. The fourth-order valence-electron chi connectivity index (χ4n) is 0.754. The highest BCUT2D eigenvalue weighted by Crippen LogP contribution is 2.16. The Kier molecular flexibility index (Phi) is 1.15. The number of amides is 1. The van der Waals surface area contributed by atoms with Crippen LogP contribution in [0.15, 0.2) is 22.5 Å². The third kappa shape index (κ3) is 0.958. The van der Waals surface area contributed by atoms with E-state index in [0.29, 0.717) is 11.4 Å². The standard InChI is InChI=1S/C6H3N4O/c11-6-3-5(9-10-6)4-1-2-7-8-4/h1-2H,(H,7,8). The average molecular weight is 147 g/mol. The van der Waals surface area contributed by atoms with Crippen molar-refractivity contribution in [2.45, 2.75) is 0 Å². The summed E-state index contributed by atoms with van der Waals surface area (Å²) in [7, 11) is 0. The summed E-state index contributed by atoms with van der Waals surface area (Å²) in [6, 6.07) is 1.69. The summed E-state index contributed by atoms with van der Waals surface area (Å²) in [5, 5.41) is 13.2. The van der Waals surface area contributed by atoms with Gasteiger partial charge in [0.05, 0.1) is 6.08 Å². The third-order valence-electron chi connectivity index (χ3n) is 1.21. The first-order valence-electron chi connectivity index (χ1n) is 2.96. The van der Waals surface area contributed by atoms with E-state index in [1.165, 1.54) is 0 Å².